The molecule has 6 nitrogen and oxygen atoms in total. The Balaban J connectivity index is 1.61. The minimum atomic E-state index is -0.114. The molecular weight excluding hydrogens is 304 g/mol. The highest BCUT2D eigenvalue weighted by atomic mass is 16.2. The predicted molar refractivity (Wildman–Crippen MR) is 94.2 cm³/mol. The van der Waals surface area contributed by atoms with E-state index >= 15 is 0 Å². The van der Waals surface area contributed by atoms with Crippen LogP contribution in [0.4, 0.5) is 22.9 Å². The number of pyridine rings is 1. The predicted octanol–water partition coefficient (Wildman–Crippen LogP) is 3.52. The molecule has 0 aliphatic heterocycles. The number of rotatable bonds is 5. The molecule has 0 bridgehead atoms. The number of hydrogen-bond donors (Lipinski definition) is 3. The number of nitrogens with zero attached hydrogens (tertiary/aromatic N) is 1. The number of carbonyl (C=O) groups excluding carboxylic acids is 2. The molecule has 0 radical (unpaired) electrons. The summed E-state index contributed by atoms with van der Waals surface area (Å²) in [4.78, 5) is 27.3. The second kappa shape index (κ2) is 7.12. The van der Waals surface area contributed by atoms with Crippen molar-refractivity contribution in [1.29, 1.82) is 0 Å². The van der Waals surface area contributed by atoms with Crippen LogP contribution in [0.15, 0.2) is 42.6 Å². The van der Waals surface area contributed by atoms with Crippen LogP contribution in [0.1, 0.15) is 26.2 Å². The van der Waals surface area contributed by atoms with Crippen molar-refractivity contribution in [3.8, 4) is 0 Å². The van der Waals surface area contributed by atoms with Gasteiger partial charge in [-0.1, -0.05) is 12.5 Å². The van der Waals surface area contributed by atoms with Gasteiger partial charge in [-0.3, -0.25) is 9.59 Å². The van der Waals surface area contributed by atoms with Crippen LogP contribution in [0.2, 0.25) is 0 Å². The number of hydrogen-bond acceptors (Lipinski definition) is 4. The second-order valence-electron chi connectivity index (χ2n) is 5.94. The average Bonchev–Trinajstić information content (AvgIpc) is 2.47. The molecule has 0 saturated heterocycles. The van der Waals surface area contributed by atoms with Gasteiger partial charge in [0.2, 0.25) is 11.8 Å². The van der Waals surface area contributed by atoms with E-state index in [0.717, 1.165) is 30.6 Å². The molecule has 1 aromatic heterocycles. The summed E-state index contributed by atoms with van der Waals surface area (Å²) in [5.41, 5.74) is 2.24. The van der Waals surface area contributed by atoms with Gasteiger partial charge < -0.3 is 16.0 Å². The van der Waals surface area contributed by atoms with Crippen LogP contribution in [0.5, 0.6) is 0 Å². The molecule has 1 fully saturated rings. The third-order valence-electron chi connectivity index (χ3n) is 3.96. The normalized spacial score (nSPS) is 13.7. The summed E-state index contributed by atoms with van der Waals surface area (Å²) in [6.07, 6.45) is 4.72. The van der Waals surface area contributed by atoms with Gasteiger partial charge in [0.15, 0.2) is 0 Å². The maximum Gasteiger partial charge on any atom is 0.227 e. The average molecular weight is 324 g/mol. The topological polar surface area (TPSA) is 83.1 Å². The highest BCUT2D eigenvalue weighted by Gasteiger charge is 2.25. The number of nitrogens with one attached hydrogen (secondary N) is 3. The van der Waals surface area contributed by atoms with Crippen LogP contribution in [-0.2, 0) is 9.59 Å². The minimum Gasteiger partial charge on any atom is -0.340 e. The number of anilines is 4. The summed E-state index contributed by atoms with van der Waals surface area (Å²) in [5.74, 6) is 0.777. The van der Waals surface area contributed by atoms with E-state index in [-0.39, 0.29) is 17.7 Å². The molecule has 0 spiro atoms. The van der Waals surface area contributed by atoms with Gasteiger partial charge in [-0.2, -0.15) is 0 Å². The number of amides is 2. The van der Waals surface area contributed by atoms with Crippen LogP contribution in [0.25, 0.3) is 0 Å². The standard InChI is InChI=1S/C18H20N4O2/c1-12(23)20-14-6-3-7-15(10-14)21-17-9-8-16(11-19-17)22-18(24)13-4-2-5-13/h3,6-11,13H,2,4-5H2,1H3,(H,19,21)(H,20,23)(H,22,24). The number of benzene rings is 1. The quantitative estimate of drug-likeness (QED) is 0.786. The molecule has 2 amide bonds. The van der Waals surface area contributed by atoms with Crippen molar-refractivity contribution in [3.05, 3.63) is 42.6 Å². The molecule has 1 aliphatic carbocycles. The molecule has 0 atom stereocenters. The molecule has 24 heavy (non-hydrogen) atoms. The van der Waals surface area contributed by atoms with E-state index in [1.54, 1.807) is 6.20 Å². The lowest BCUT2D eigenvalue weighted by Crippen LogP contribution is -2.28. The van der Waals surface area contributed by atoms with Crippen LogP contribution in [-0.4, -0.2) is 16.8 Å². The van der Waals surface area contributed by atoms with Crippen molar-refractivity contribution in [2.45, 2.75) is 26.2 Å². The number of aromatic nitrogens is 1. The molecule has 124 valence electrons. The van der Waals surface area contributed by atoms with Gasteiger partial charge in [-0.25, -0.2) is 4.98 Å². The van der Waals surface area contributed by atoms with Gasteiger partial charge in [0.25, 0.3) is 0 Å². The summed E-state index contributed by atoms with van der Waals surface area (Å²) in [6.45, 7) is 1.47. The van der Waals surface area contributed by atoms with Crippen LogP contribution in [0.3, 0.4) is 0 Å². The first-order valence-corrected chi connectivity index (χ1v) is 8.02. The zero-order valence-corrected chi connectivity index (χ0v) is 13.5. The van der Waals surface area contributed by atoms with E-state index in [9.17, 15) is 9.59 Å². The Labute approximate surface area is 140 Å². The molecule has 1 heterocycles. The molecule has 3 N–H and O–H groups in total. The fraction of sp³-hybridized carbons (Fsp3) is 0.278. The van der Waals surface area contributed by atoms with E-state index < -0.39 is 0 Å². The van der Waals surface area contributed by atoms with Crippen molar-refractivity contribution in [1.82, 2.24) is 4.98 Å². The summed E-state index contributed by atoms with van der Waals surface area (Å²) in [6, 6.07) is 11.0. The lowest BCUT2D eigenvalue weighted by Gasteiger charge is -2.23. The maximum absolute atomic E-state index is 11.9. The first kappa shape index (κ1) is 16.0. The van der Waals surface area contributed by atoms with E-state index in [1.807, 2.05) is 36.4 Å². The molecule has 6 heteroatoms. The fourth-order valence-corrected chi connectivity index (χ4v) is 2.48. The van der Waals surface area contributed by atoms with E-state index in [1.165, 1.54) is 6.92 Å². The molecule has 0 unspecified atom stereocenters. The Morgan fingerprint density at radius 3 is 2.46 bits per heavy atom. The summed E-state index contributed by atoms with van der Waals surface area (Å²) in [5, 5.41) is 8.79. The smallest absolute Gasteiger partial charge is 0.227 e. The Bertz CT molecular complexity index is 739. The van der Waals surface area contributed by atoms with Crippen molar-refractivity contribution in [3.63, 3.8) is 0 Å². The SMILES string of the molecule is CC(=O)Nc1cccc(Nc2ccc(NC(=O)C3CCC3)cn2)c1. The third-order valence-corrected chi connectivity index (χ3v) is 3.96. The molecule has 1 saturated carbocycles. The zero-order chi connectivity index (χ0) is 16.9. The Morgan fingerprint density at radius 2 is 1.83 bits per heavy atom. The Hall–Kier alpha value is -2.89. The largest absolute Gasteiger partial charge is 0.340 e. The lowest BCUT2D eigenvalue weighted by molar-refractivity contribution is -0.122. The van der Waals surface area contributed by atoms with Crippen molar-refractivity contribution >= 4 is 34.7 Å². The maximum atomic E-state index is 11.9. The Kier molecular flexibility index (Phi) is 4.74. The zero-order valence-electron chi connectivity index (χ0n) is 13.5. The Morgan fingerprint density at radius 1 is 1.04 bits per heavy atom. The molecular formula is C18H20N4O2. The monoisotopic (exact) mass is 324 g/mol. The fourth-order valence-electron chi connectivity index (χ4n) is 2.48. The van der Waals surface area contributed by atoms with E-state index in [4.69, 9.17) is 0 Å². The molecule has 1 aliphatic rings. The second-order valence-corrected chi connectivity index (χ2v) is 5.94. The van der Waals surface area contributed by atoms with Crippen LogP contribution >= 0.6 is 0 Å². The van der Waals surface area contributed by atoms with Gasteiger partial charge >= 0.3 is 0 Å². The van der Waals surface area contributed by atoms with Gasteiger partial charge in [-0.05, 0) is 43.2 Å². The lowest BCUT2D eigenvalue weighted by atomic mass is 9.85. The van der Waals surface area contributed by atoms with Crippen molar-refractivity contribution in [2.24, 2.45) is 5.92 Å². The van der Waals surface area contributed by atoms with Crippen molar-refractivity contribution in [2.75, 3.05) is 16.0 Å². The minimum absolute atomic E-state index is 0.0757. The summed E-state index contributed by atoms with van der Waals surface area (Å²) in [7, 11) is 0. The van der Waals surface area contributed by atoms with E-state index in [0.29, 0.717) is 11.5 Å². The summed E-state index contributed by atoms with van der Waals surface area (Å²) >= 11 is 0. The van der Waals surface area contributed by atoms with E-state index in [2.05, 4.69) is 20.9 Å². The first-order valence-electron chi connectivity index (χ1n) is 8.02. The van der Waals surface area contributed by atoms with Crippen LogP contribution in [0, 0.1) is 5.92 Å². The van der Waals surface area contributed by atoms with Gasteiger partial charge in [0.1, 0.15) is 5.82 Å². The highest BCUT2D eigenvalue weighted by Crippen LogP contribution is 2.27. The molecule has 1 aromatic carbocycles. The highest BCUT2D eigenvalue weighted by molar-refractivity contribution is 5.93. The summed E-state index contributed by atoms with van der Waals surface area (Å²) < 4.78 is 0. The van der Waals surface area contributed by atoms with Gasteiger partial charge in [0.05, 0.1) is 11.9 Å². The first-order chi connectivity index (χ1) is 11.6. The van der Waals surface area contributed by atoms with Gasteiger partial charge in [-0.15, -0.1) is 0 Å². The molecule has 2 aromatic rings. The van der Waals surface area contributed by atoms with Crippen LogP contribution < -0.4 is 16.0 Å². The molecule has 3 rings (SSSR count). The number of carbonyl (C=O) groups is 2. The third kappa shape index (κ3) is 4.10. The van der Waals surface area contributed by atoms with Gasteiger partial charge in [0, 0.05) is 24.2 Å². The van der Waals surface area contributed by atoms with Crippen molar-refractivity contribution < 1.29 is 9.59 Å².